The zero-order valence-electron chi connectivity index (χ0n) is 9.44. The van der Waals surface area contributed by atoms with Crippen LogP contribution >= 0.6 is 11.8 Å². The van der Waals surface area contributed by atoms with Crippen LogP contribution in [0.3, 0.4) is 0 Å². The average Bonchev–Trinajstić information content (AvgIpc) is 2.69. The molecule has 2 unspecified atom stereocenters. The zero-order valence-corrected chi connectivity index (χ0v) is 10.3. The minimum absolute atomic E-state index is 0.00468. The second-order valence-corrected chi connectivity index (χ2v) is 4.77. The van der Waals surface area contributed by atoms with Gasteiger partial charge in [0.15, 0.2) is 0 Å². The Hall–Kier alpha value is -0.960. The van der Waals surface area contributed by atoms with E-state index in [1.807, 2.05) is 0 Å². The van der Waals surface area contributed by atoms with Gasteiger partial charge >= 0.3 is 11.5 Å². The van der Waals surface area contributed by atoms with Gasteiger partial charge in [-0.3, -0.25) is 4.79 Å². The highest BCUT2D eigenvalue weighted by molar-refractivity contribution is 8.00. The van der Waals surface area contributed by atoms with Crippen LogP contribution in [0.2, 0.25) is 0 Å². The van der Waals surface area contributed by atoms with Gasteiger partial charge in [-0.05, 0) is 11.8 Å². The van der Waals surface area contributed by atoms with Crippen molar-refractivity contribution in [1.82, 2.24) is 4.90 Å². The SMILES string of the molecule is COC1CC(C(=O)O)N(C(=O)CSC(F)(F)F)C1. The number of carbonyl (C=O) groups is 2. The minimum atomic E-state index is -4.51. The number of amides is 1. The number of hydrogen-bond acceptors (Lipinski definition) is 4. The first kappa shape index (κ1) is 15.1. The molecule has 104 valence electrons. The van der Waals surface area contributed by atoms with E-state index in [1.54, 1.807) is 0 Å². The maximum Gasteiger partial charge on any atom is 0.442 e. The highest BCUT2D eigenvalue weighted by Crippen LogP contribution is 2.31. The maximum absolute atomic E-state index is 12.0. The van der Waals surface area contributed by atoms with E-state index in [9.17, 15) is 22.8 Å². The summed E-state index contributed by atoms with van der Waals surface area (Å²) in [7, 11) is 1.36. The number of aliphatic carboxylic acids is 1. The summed E-state index contributed by atoms with van der Waals surface area (Å²) in [5.41, 5.74) is -4.51. The number of hydrogen-bond donors (Lipinski definition) is 1. The van der Waals surface area contributed by atoms with Crippen LogP contribution in [0.1, 0.15) is 6.42 Å². The second-order valence-electron chi connectivity index (χ2n) is 3.73. The van der Waals surface area contributed by atoms with Crippen molar-refractivity contribution >= 4 is 23.6 Å². The monoisotopic (exact) mass is 287 g/mol. The van der Waals surface area contributed by atoms with E-state index in [4.69, 9.17) is 9.84 Å². The summed E-state index contributed by atoms with van der Waals surface area (Å²) in [5, 5.41) is 8.90. The molecule has 0 aromatic rings. The van der Waals surface area contributed by atoms with Gasteiger partial charge in [0.05, 0.1) is 11.9 Å². The van der Waals surface area contributed by atoms with Crippen LogP contribution in [0, 0.1) is 0 Å². The van der Waals surface area contributed by atoms with Gasteiger partial charge in [0.1, 0.15) is 6.04 Å². The summed E-state index contributed by atoms with van der Waals surface area (Å²) in [6, 6.07) is -1.11. The molecule has 0 bridgehead atoms. The van der Waals surface area contributed by atoms with Crippen molar-refractivity contribution in [3.63, 3.8) is 0 Å². The largest absolute Gasteiger partial charge is 0.480 e. The fourth-order valence-corrected chi connectivity index (χ4v) is 2.16. The Kier molecular flexibility index (Phi) is 4.85. The molecule has 0 aliphatic carbocycles. The van der Waals surface area contributed by atoms with Gasteiger partial charge in [-0.1, -0.05) is 0 Å². The van der Waals surface area contributed by atoms with Crippen molar-refractivity contribution in [2.45, 2.75) is 24.1 Å². The zero-order chi connectivity index (χ0) is 13.9. The van der Waals surface area contributed by atoms with Crippen LogP contribution in [0.4, 0.5) is 13.2 Å². The molecule has 0 saturated carbocycles. The molecule has 1 fully saturated rings. The Morgan fingerprint density at radius 2 is 2.11 bits per heavy atom. The van der Waals surface area contributed by atoms with Gasteiger partial charge < -0.3 is 14.7 Å². The Bertz CT molecular complexity index is 336. The predicted octanol–water partition coefficient (Wildman–Crippen LogP) is 0.940. The molecular weight excluding hydrogens is 275 g/mol. The van der Waals surface area contributed by atoms with Crippen LogP contribution in [0.15, 0.2) is 0 Å². The Balaban J connectivity index is 2.62. The number of carbonyl (C=O) groups excluding carboxylic acids is 1. The first-order chi connectivity index (χ1) is 8.24. The normalized spacial score (nSPS) is 24.3. The third-order valence-corrected chi connectivity index (χ3v) is 3.28. The van der Waals surface area contributed by atoms with Crippen LogP contribution in [0.25, 0.3) is 0 Å². The van der Waals surface area contributed by atoms with E-state index in [-0.39, 0.29) is 13.0 Å². The van der Waals surface area contributed by atoms with E-state index in [0.717, 1.165) is 4.90 Å². The molecule has 9 heteroatoms. The summed E-state index contributed by atoms with van der Waals surface area (Å²) in [6.07, 6.45) is -0.361. The van der Waals surface area contributed by atoms with Gasteiger partial charge in [0.25, 0.3) is 0 Å². The van der Waals surface area contributed by atoms with E-state index >= 15 is 0 Å². The lowest BCUT2D eigenvalue weighted by molar-refractivity contribution is -0.147. The smallest absolute Gasteiger partial charge is 0.442 e. The highest BCUT2D eigenvalue weighted by atomic mass is 32.2. The molecule has 0 radical (unpaired) electrons. The number of carboxylic acid groups (broad SMARTS) is 1. The molecule has 0 aromatic heterocycles. The number of alkyl halides is 3. The van der Waals surface area contributed by atoms with Crippen LogP contribution in [0.5, 0.6) is 0 Å². The van der Waals surface area contributed by atoms with Gasteiger partial charge in [-0.25, -0.2) is 4.79 Å². The molecule has 1 aliphatic heterocycles. The summed E-state index contributed by atoms with van der Waals surface area (Å²) in [4.78, 5) is 23.4. The highest BCUT2D eigenvalue weighted by Gasteiger charge is 2.40. The van der Waals surface area contributed by atoms with Gasteiger partial charge in [0.2, 0.25) is 5.91 Å². The molecule has 1 rings (SSSR count). The number of thioether (sulfide) groups is 1. The number of methoxy groups -OCH3 is 1. The molecule has 2 atom stereocenters. The van der Waals surface area contributed by atoms with Crippen molar-refractivity contribution in [2.24, 2.45) is 0 Å². The Morgan fingerprint density at radius 1 is 1.50 bits per heavy atom. The molecule has 0 spiro atoms. The Morgan fingerprint density at radius 3 is 2.56 bits per heavy atom. The van der Waals surface area contributed by atoms with Crippen molar-refractivity contribution in [3.8, 4) is 0 Å². The lowest BCUT2D eigenvalue weighted by atomic mass is 10.2. The van der Waals surface area contributed by atoms with Gasteiger partial charge in [-0.15, -0.1) is 0 Å². The molecule has 18 heavy (non-hydrogen) atoms. The standard InChI is InChI=1S/C9H12F3NO4S/c1-17-5-2-6(8(15)16)13(3-5)7(14)4-18-9(10,11)12/h5-6H,2-4H2,1H3,(H,15,16). The molecule has 1 saturated heterocycles. The molecule has 5 nitrogen and oxygen atoms in total. The predicted molar refractivity (Wildman–Crippen MR) is 57.1 cm³/mol. The number of ether oxygens (including phenoxy) is 1. The van der Waals surface area contributed by atoms with Crippen molar-refractivity contribution in [3.05, 3.63) is 0 Å². The summed E-state index contributed by atoms with van der Waals surface area (Å²) >= 11 is -0.474. The van der Waals surface area contributed by atoms with Crippen LogP contribution in [-0.4, -0.2) is 58.9 Å². The fourth-order valence-electron chi connectivity index (χ4n) is 1.70. The van der Waals surface area contributed by atoms with Crippen LogP contribution < -0.4 is 0 Å². The van der Waals surface area contributed by atoms with Crippen molar-refractivity contribution in [2.75, 3.05) is 19.4 Å². The number of nitrogens with zero attached hydrogens (tertiary/aromatic N) is 1. The van der Waals surface area contributed by atoms with E-state index in [1.165, 1.54) is 7.11 Å². The quantitative estimate of drug-likeness (QED) is 0.833. The fraction of sp³-hybridized carbons (Fsp3) is 0.778. The third kappa shape index (κ3) is 4.05. The van der Waals surface area contributed by atoms with E-state index in [2.05, 4.69) is 0 Å². The molecule has 0 aromatic carbocycles. The molecule has 1 heterocycles. The summed E-state index contributed by atoms with van der Waals surface area (Å²) in [5.74, 6) is -2.90. The first-order valence-electron chi connectivity index (χ1n) is 5.00. The lowest BCUT2D eigenvalue weighted by Gasteiger charge is -2.21. The summed E-state index contributed by atoms with van der Waals surface area (Å²) < 4.78 is 40.8. The topological polar surface area (TPSA) is 66.8 Å². The minimum Gasteiger partial charge on any atom is -0.480 e. The van der Waals surface area contributed by atoms with Gasteiger partial charge in [-0.2, -0.15) is 13.2 Å². The molecule has 1 amide bonds. The molecule has 1 N–H and O–H groups in total. The average molecular weight is 287 g/mol. The number of rotatable bonds is 4. The Labute approximate surface area is 105 Å². The van der Waals surface area contributed by atoms with Crippen LogP contribution in [-0.2, 0) is 14.3 Å². The lowest BCUT2D eigenvalue weighted by Crippen LogP contribution is -2.41. The maximum atomic E-state index is 12.0. The molecule has 1 aliphatic rings. The van der Waals surface area contributed by atoms with Crippen molar-refractivity contribution < 1.29 is 32.6 Å². The van der Waals surface area contributed by atoms with Gasteiger partial charge in [0, 0.05) is 20.1 Å². The second kappa shape index (κ2) is 5.79. The summed E-state index contributed by atoms with van der Waals surface area (Å²) in [6.45, 7) is 0.00468. The number of carboxylic acids is 1. The third-order valence-electron chi connectivity index (χ3n) is 2.56. The van der Waals surface area contributed by atoms with E-state index < -0.39 is 47.0 Å². The molecular formula is C9H12F3NO4S. The first-order valence-corrected chi connectivity index (χ1v) is 5.99. The number of halogens is 3. The number of likely N-dealkylation sites (tertiary alicyclic amines) is 1. The van der Waals surface area contributed by atoms with Crippen molar-refractivity contribution in [1.29, 1.82) is 0 Å². The van der Waals surface area contributed by atoms with E-state index in [0.29, 0.717) is 0 Å².